The van der Waals surface area contributed by atoms with Crippen molar-refractivity contribution < 1.29 is 9.90 Å². The molecule has 1 atom stereocenters. The molecule has 1 rings (SSSR count). The topological polar surface area (TPSA) is 49.3 Å². The number of hydrogen-bond donors (Lipinski definition) is 2. The summed E-state index contributed by atoms with van der Waals surface area (Å²) in [6.45, 7) is 2.00. The number of rotatable bonds is 6. The molecule has 18 heavy (non-hydrogen) atoms. The zero-order valence-electron chi connectivity index (χ0n) is 10.6. The number of halogens is 1. The monoisotopic (exact) mass is 331 g/mol. The average Bonchev–Trinajstić information content (AvgIpc) is 2.34. The molecule has 1 amide bonds. The smallest absolute Gasteiger partial charge is 0.252 e. The minimum atomic E-state index is -0.861. The van der Waals surface area contributed by atoms with Crippen molar-refractivity contribution in [3.05, 3.63) is 34.3 Å². The fourth-order valence-corrected chi connectivity index (χ4v) is 2.53. The van der Waals surface area contributed by atoms with Gasteiger partial charge in [0.2, 0.25) is 0 Å². The van der Waals surface area contributed by atoms with Crippen molar-refractivity contribution in [1.29, 1.82) is 0 Å². The molecule has 0 spiro atoms. The zero-order valence-corrected chi connectivity index (χ0v) is 13.0. The van der Waals surface area contributed by atoms with E-state index < -0.39 is 5.60 Å². The van der Waals surface area contributed by atoms with E-state index in [4.69, 9.17) is 0 Å². The van der Waals surface area contributed by atoms with E-state index in [0.717, 1.165) is 10.2 Å². The highest BCUT2D eigenvalue weighted by atomic mass is 79.9. The highest BCUT2D eigenvalue weighted by Crippen LogP contribution is 2.16. The molecule has 0 saturated carbocycles. The van der Waals surface area contributed by atoms with Crippen molar-refractivity contribution in [2.24, 2.45) is 0 Å². The molecule has 0 unspecified atom stereocenters. The summed E-state index contributed by atoms with van der Waals surface area (Å²) in [6.07, 6.45) is 2.65. The van der Waals surface area contributed by atoms with E-state index >= 15 is 0 Å². The van der Waals surface area contributed by atoms with Crippen molar-refractivity contribution in [1.82, 2.24) is 5.32 Å². The summed E-state index contributed by atoms with van der Waals surface area (Å²) < 4.78 is 0.756. The maximum absolute atomic E-state index is 11.9. The van der Waals surface area contributed by atoms with Gasteiger partial charge in [-0.05, 0) is 53.4 Å². The zero-order chi connectivity index (χ0) is 13.6. The van der Waals surface area contributed by atoms with E-state index in [9.17, 15) is 9.90 Å². The molecular weight excluding hydrogens is 314 g/mol. The van der Waals surface area contributed by atoms with Gasteiger partial charge in [0.25, 0.3) is 5.91 Å². The minimum absolute atomic E-state index is 0.174. The first-order valence-electron chi connectivity index (χ1n) is 5.70. The number of thioether (sulfide) groups is 1. The number of amides is 1. The molecule has 0 fully saturated rings. The molecule has 0 aliphatic heterocycles. The quantitative estimate of drug-likeness (QED) is 0.842. The van der Waals surface area contributed by atoms with E-state index in [2.05, 4.69) is 21.2 Å². The molecule has 0 saturated heterocycles. The first kappa shape index (κ1) is 15.5. The lowest BCUT2D eigenvalue weighted by molar-refractivity contribution is 0.0528. The maximum atomic E-state index is 11.9. The van der Waals surface area contributed by atoms with E-state index in [0.29, 0.717) is 12.0 Å². The third kappa shape index (κ3) is 5.00. The van der Waals surface area contributed by atoms with Crippen LogP contribution in [0.3, 0.4) is 0 Å². The minimum Gasteiger partial charge on any atom is -0.388 e. The predicted octanol–water partition coefficient (Wildman–Crippen LogP) is 2.68. The van der Waals surface area contributed by atoms with Crippen LogP contribution in [0.5, 0.6) is 0 Å². The Kier molecular flexibility index (Phi) is 6.18. The van der Waals surface area contributed by atoms with Crippen LogP contribution in [-0.2, 0) is 0 Å². The average molecular weight is 332 g/mol. The lowest BCUT2D eigenvalue weighted by Gasteiger charge is -2.23. The maximum Gasteiger partial charge on any atom is 0.252 e. The van der Waals surface area contributed by atoms with Crippen LogP contribution in [0, 0.1) is 0 Å². The third-order valence-corrected chi connectivity index (χ3v) is 3.90. The van der Waals surface area contributed by atoms with Gasteiger partial charge in [-0.1, -0.05) is 12.1 Å². The van der Waals surface area contributed by atoms with Crippen molar-refractivity contribution in [2.45, 2.75) is 18.9 Å². The van der Waals surface area contributed by atoms with Crippen LogP contribution >= 0.6 is 27.7 Å². The SMILES string of the molecule is CSCC[C@](C)(O)CNC(=O)c1ccccc1Br. The molecular formula is C13H18BrNO2S. The van der Waals surface area contributed by atoms with Crippen LogP contribution in [0.2, 0.25) is 0 Å². The number of benzene rings is 1. The number of carbonyl (C=O) groups is 1. The fourth-order valence-electron chi connectivity index (χ4n) is 1.42. The molecule has 0 heterocycles. The molecule has 0 aliphatic carbocycles. The van der Waals surface area contributed by atoms with Crippen LogP contribution in [-0.4, -0.2) is 35.2 Å². The summed E-state index contributed by atoms with van der Waals surface area (Å²) >= 11 is 5.01. The molecule has 0 aliphatic rings. The van der Waals surface area contributed by atoms with Gasteiger partial charge in [0.15, 0.2) is 0 Å². The highest BCUT2D eigenvalue weighted by molar-refractivity contribution is 9.10. The van der Waals surface area contributed by atoms with Gasteiger partial charge in [-0.3, -0.25) is 4.79 Å². The van der Waals surface area contributed by atoms with Gasteiger partial charge in [-0.15, -0.1) is 0 Å². The summed E-state index contributed by atoms with van der Waals surface area (Å²) in [4.78, 5) is 11.9. The first-order valence-corrected chi connectivity index (χ1v) is 7.89. The highest BCUT2D eigenvalue weighted by Gasteiger charge is 2.21. The lowest BCUT2D eigenvalue weighted by atomic mass is 10.0. The largest absolute Gasteiger partial charge is 0.388 e. The molecule has 0 radical (unpaired) electrons. The van der Waals surface area contributed by atoms with Crippen molar-refractivity contribution >= 4 is 33.6 Å². The Hall–Kier alpha value is -0.520. The molecule has 3 nitrogen and oxygen atoms in total. The molecule has 5 heteroatoms. The van der Waals surface area contributed by atoms with Crippen molar-refractivity contribution in [2.75, 3.05) is 18.6 Å². The van der Waals surface area contributed by atoms with Crippen LogP contribution in [0.15, 0.2) is 28.7 Å². The Balaban J connectivity index is 2.54. The van der Waals surface area contributed by atoms with Gasteiger partial charge in [0, 0.05) is 11.0 Å². The standard InChI is InChI=1S/C13H18BrNO2S/c1-13(17,7-8-18-2)9-15-12(16)10-5-3-4-6-11(10)14/h3-6,17H,7-9H2,1-2H3,(H,15,16)/t13-/m0/s1. The second kappa shape index (κ2) is 7.16. The van der Waals surface area contributed by atoms with Crippen LogP contribution in [0.25, 0.3) is 0 Å². The van der Waals surface area contributed by atoms with Crippen LogP contribution in [0.4, 0.5) is 0 Å². The Bertz CT molecular complexity index is 410. The van der Waals surface area contributed by atoms with E-state index in [-0.39, 0.29) is 12.5 Å². The van der Waals surface area contributed by atoms with Crippen LogP contribution in [0.1, 0.15) is 23.7 Å². The summed E-state index contributed by atoms with van der Waals surface area (Å²) in [7, 11) is 0. The van der Waals surface area contributed by atoms with Gasteiger partial charge in [-0.25, -0.2) is 0 Å². The fraction of sp³-hybridized carbons (Fsp3) is 0.462. The Morgan fingerprint density at radius 2 is 2.17 bits per heavy atom. The number of carbonyl (C=O) groups excluding carboxylic acids is 1. The second-order valence-electron chi connectivity index (χ2n) is 4.40. The Morgan fingerprint density at radius 3 is 2.78 bits per heavy atom. The molecule has 2 N–H and O–H groups in total. The number of nitrogens with one attached hydrogen (secondary N) is 1. The van der Waals surface area contributed by atoms with E-state index in [1.165, 1.54) is 0 Å². The number of aliphatic hydroxyl groups is 1. The van der Waals surface area contributed by atoms with Gasteiger partial charge >= 0.3 is 0 Å². The number of hydrogen-bond acceptors (Lipinski definition) is 3. The summed E-state index contributed by atoms with van der Waals surface area (Å²) in [6, 6.07) is 7.23. The van der Waals surface area contributed by atoms with Crippen molar-refractivity contribution in [3.8, 4) is 0 Å². The molecule has 1 aromatic rings. The second-order valence-corrected chi connectivity index (χ2v) is 6.24. The molecule has 100 valence electrons. The molecule has 0 bridgehead atoms. The third-order valence-electron chi connectivity index (χ3n) is 2.59. The Morgan fingerprint density at radius 1 is 1.50 bits per heavy atom. The van der Waals surface area contributed by atoms with Gasteiger partial charge in [0.05, 0.1) is 11.2 Å². The van der Waals surface area contributed by atoms with Gasteiger partial charge in [-0.2, -0.15) is 11.8 Å². The van der Waals surface area contributed by atoms with Gasteiger partial charge in [0.1, 0.15) is 0 Å². The molecule has 1 aromatic carbocycles. The Labute approximate surface area is 120 Å². The van der Waals surface area contributed by atoms with E-state index in [1.807, 2.05) is 24.5 Å². The lowest BCUT2D eigenvalue weighted by Crippen LogP contribution is -2.41. The summed E-state index contributed by atoms with van der Waals surface area (Å²) in [5.74, 6) is 0.699. The molecule has 0 aromatic heterocycles. The summed E-state index contributed by atoms with van der Waals surface area (Å²) in [5.41, 5.74) is -0.280. The van der Waals surface area contributed by atoms with Crippen LogP contribution < -0.4 is 5.32 Å². The van der Waals surface area contributed by atoms with E-state index in [1.54, 1.807) is 24.8 Å². The predicted molar refractivity (Wildman–Crippen MR) is 80.1 cm³/mol. The van der Waals surface area contributed by atoms with Gasteiger partial charge < -0.3 is 10.4 Å². The normalized spacial score (nSPS) is 14.0. The van der Waals surface area contributed by atoms with Crippen molar-refractivity contribution in [3.63, 3.8) is 0 Å². The summed E-state index contributed by atoms with van der Waals surface area (Å²) in [5, 5.41) is 12.8. The first-order chi connectivity index (χ1) is 8.46.